The van der Waals surface area contributed by atoms with Gasteiger partial charge in [0.15, 0.2) is 0 Å². The van der Waals surface area contributed by atoms with Crippen molar-refractivity contribution in [3.63, 3.8) is 0 Å². The summed E-state index contributed by atoms with van der Waals surface area (Å²) in [7, 11) is 0. The monoisotopic (exact) mass is 496 g/mol. The normalized spacial score (nSPS) is 11.6. The highest BCUT2D eigenvalue weighted by Crippen LogP contribution is 2.24. The Bertz CT molecular complexity index is 1030. The quantitative estimate of drug-likeness (QED) is 0.216. The van der Waals surface area contributed by atoms with Crippen molar-refractivity contribution in [3.8, 4) is 22.6 Å². The molecule has 0 atom stereocenters. The Balaban J connectivity index is 1.40. The highest BCUT2D eigenvalue weighted by molar-refractivity contribution is 9.10. The van der Waals surface area contributed by atoms with Crippen molar-refractivity contribution in [2.24, 2.45) is 10.2 Å². The molecule has 0 amide bonds. The summed E-state index contributed by atoms with van der Waals surface area (Å²) in [6.07, 6.45) is 3.13. The van der Waals surface area contributed by atoms with Crippen LogP contribution in [0.1, 0.15) is 11.5 Å². The van der Waals surface area contributed by atoms with E-state index in [-0.39, 0.29) is 0 Å². The van der Waals surface area contributed by atoms with Crippen LogP contribution >= 0.6 is 31.9 Å². The lowest BCUT2D eigenvalue weighted by atomic mass is 10.2. The van der Waals surface area contributed by atoms with E-state index in [1.165, 1.54) is 0 Å². The van der Waals surface area contributed by atoms with Crippen molar-refractivity contribution in [3.05, 3.63) is 93.3 Å². The van der Waals surface area contributed by atoms with E-state index in [2.05, 4.69) is 42.1 Å². The molecule has 0 fully saturated rings. The van der Waals surface area contributed by atoms with Gasteiger partial charge in [0.1, 0.15) is 23.0 Å². The van der Waals surface area contributed by atoms with Crippen LogP contribution in [0.5, 0.6) is 0 Å². The summed E-state index contributed by atoms with van der Waals surface area (Å²) in [6.45, 7) is 0. The van der Waals surface area contributed by atoms with Gasteiger partial charge in [-0.1, -0.05) is 56.1 Å². The average Bonchev–Trinajstić information content (AvgIpc) is 3.36. The molecular weight excluding hydrogens is 484 g/mol. The van der Waals surface area contributed by atoms with Gasteiger partial charge in [0.25, 0.3) is 0 Å². The Morgan fingerprint density at radius 3 is 1.32 bits per heavy atom. The smallest absolute Gasteiger partial charge is 0.147 e. The van der Waals surface area contributed by atoms with Crippen molar-refractivity contribution in [1.29, 1.82) is 0 Å². The molecule has 2 aromatic heterocycles. The molecule has 6 heteroatoms. The van der Waals surface area contributed by atoms with E-state index in [9.17, 15) is 0 Å². The van der Waals surface area contributed by atoms with E-state index in [4.69, 9.17) is 8.83 Å². The lowest BCUT2D eigenvalue weighted by Gasteiger charge is -1.96. The molecule has 0 aliphatic carbocycles. The predicted octanol–water partition coefficient (Wildman–Crippen LogP) is 7.18. The Morgan fingerprint density at radius 2 is 0.929 bits per heavy atom. The largest absolute Gasteiger partial charge is 0.455 e. The average molecular weight is 498 g/mol. The van der Waals surface area contributed by atoms with E-state index in [0.717, 1.165) is 31.6 Å². The topological polar surface area (TPSA) is 51.0 Å². The number of benzene rings is 2. The van der Waals surface area contributed by atoms with Crippen molar-refractivity contribution in [1.82, 2.24) is 0 Å². The number of halogens is 2. The first-order valence-electron chi connectivity index (χ1n) is 8.45. The second-order valence-corrected chi connectivity index (χ2v) is 7.74. The predicted molar refractivity (Wildman–Crippen MR) is 119 cm³/mol. The van der Waals surface area contributed by atoms with Crippen molar-refractivity contribution >= 4 is 44.3 Å². The van der Waals surface area contributed by atoms with Crippen LogP contribution in [0.15, 0.2) is 101 Å². The zero-order chi connectivity index (χ0) is 19.3. The zero-order valence-corrected chi connectivity index (χ0v) is 17.7. The molecule has 0 bridgehead atoms. The van der Waals surface area contributed by atoms with Gasteiger partial charge in [0.05, 0.1) is 12.4 Å². The molecular formula is C22H14Br2N2O2. The van der Waals surface area contributed by atoms with Gasteiger partial charge >= 0.3 is 0 Å². The summed E-state index contributed by atoms with van der Waals surface area (Å²) in [5, 5.41) is 8.06. The highest BCUT2D eigenvalue weighted by atomic mass is 79.9. The SMILES string of the molecule is Brc1ccc(-c2ccc(/C=N\N=C/c3ccc(-c4ccc(Br)cc4)o3)o2)cc1. The van der Waals surface area contributed by atoms with Gasteiger partial charge in [0, 0.05) is 20.1 Å². The second-order valence-electron chi connectivity index (χ2n) is 5.91. The van der Waals surface area contributed by atoms with Crippen LogP contribution in [0.25, 0.3) is 22.6 Å². The van der Waals surface area contributed by atoms with Gasteiger partial charge < -0.3 is 8.83 Å². The molecule has 0 aliphatic rings. The number of hydrogen-bond acceptors (Lipinski definition) is 4. The number of furan rings is 2. The van der Waals surface area contributed by atoms with Gasteiger partial charge in [-0.25, -0.2) is 0 Å². The van der Waals surface area contributed by atoms with Crippen molar-refractivity contribution in [2.75, 3.05) is 0 Å². The van der Waals surface area contributed by atoms with Crippen molar-refractivity contribution in [2.45, 2.75) is 0 Å². The molecule has 0 radical (unpaired) electrons. The molecule has 0 saturated carbocycles. The molecule has 4 nitrogen and oxygen atoms in total. The molecule has 0 saturated heterocycles. The molecule has 0 aliphatic heterocycles. The fourth-order valence-corrected chi connectivity index (χ4v) is 3.09. The second kappa shape index (κ2) is 8.54. The highest BCUT2D eigenvalue weighted by Gasteiger charge is 2.04. The summed E-state index contributed by atoms with van der Waals surface area (Å²) in [4.78, 5) is 0. The maximum absolute atomic E-state index is 5.77. The van der Waals surface area contributed by atoms with Gasteiger partial charge in [0.2, 0.25) is 0 Å². The molecule has 0 N–H and O–H groups in total. The van der Waals surface area contributed by atoms with E-state index >= 15 is 0 Å². The minimum atomic E-state index is 0.630. The lowest BCUT2D eigenvalue weighted by Crippen LogP contribution is -1.77. The molecule has 2 aromatic carbocycles. The Kier molecular flexibility index (Phi) is 5.69. The fraction of sp³-hybridized carbons (Fsp3) is 0. The minimum Gasteiger partial charge on any atom is -0.455 e. The van der Waals surface area contributed by atoms with E-state index < -0.39 is 0 Å². The van der Waals surface area contributed by atoms with Gasteiger partial charge in [-0.2, -0.15) is 10.2 Å². The summed E-state index contributed by atoms with van der Waals surface area (Å²) >= 11 is 6.85. The van der Waals surface area contributed by atoms with Crippen LogP contribution in [0.3, 0.4) is 0 Å². The van der Waals surface area contributed by atoms with Crippen molar-refractivity contribution < 1.29 is 8.83 Å². The summed E-state index contributed by atoms with van der Waals surface area (Å²) < 4.78 is 13.6. The van der Waals surface area contributed by atoms with E-state index in [1.54, 1.807) is 12.4 Å². The third kappa shape index (κ3) is 4.58. The molecule has 0 spiro atoms. The molecule has 0 unspecified atom stereocenters. The van der Waals surface area contributed by atoms with Gasteiger partial charge in [-0.3, -0.25) is 0 Å². The van der Waals surface area contributed by atoms with Crippen LogP contribution in [0, 0.1) is 0 Å². The minimum absolute atomic E-state index is 0.630. The third-order valence-electron chi connectivity index (χ3n) is 3.95. The van der Waals surface area contributed by atoms with Crippen LogP contribution in [0.4, 0.5) is 0 Å². The number of hydrogen-bond donors (Lipinski definition) is 0. The molecule has 28 heavy (non-hydrogen) atoms. The fourth-order valence-electron chi connectivity index (χ4n) is 2.56. The summed E-state index contributed by atoms with van der Waals surface area (Å²) in [5.41, 5.74) is 2.00. The summed E-state index contributed by atoms with van der Waals surface area (Å²) in [6, 6.07) is 23.4. The zero-order valence-electron chi connectivity index (χ0n) is 14.5. The standard InChI is InChI=1S/C22H14Br2N2O2/c23-17-5-1-15(2-6-17)21-11-9-19(27-21)13-25-26-14-20-10-12-22(28-20)16-3-7-18(24)8-4-16/h1-14H/b25-13-,26-14-. The first-order valence-corrected chi connectivity index (χ1v) is 10.0. The van der Waals surface area contributed by atoms with Gasteiger partial charge in [-0.15, -0.1) is 0 Å². The van der Waals surface area contributed by atoms with Crippen LogP contribution in [-0.4, -0.2) is 12.4 Å². The summed E-state index contributed by atoms with van der Waals surface area (Å²) in [5.74, 6) is 2.82. The lowest BCUT2D eigenvalue weighted by molar-refractivity contribution is 0.573. The Hall–Kier alpha value is -2.70. The Labute approximate surface area is 178 Å². The van der Waals surface area contributed by atoms with Crippen LogP contribution in [0.2, 0.25) is 0 Å². The maximum atomic E-state index is 5.77. The maximum Gasteiger partial charge on any atom is 0.147 e. The van der Waals surface area contributed by atoms with E-state index in [1.807, 2.05) is 72.8 Å². The first-order chi connectivity index (χ1) is 13.7. The van der Waals surface area contributed by atoms with E-state index in [0.29, 0.717) is 11.5 Å². The number of rotatable bonds is 5. The third-order valence-corrected chi connectivity index (χ3v) is 5.00. The number of nitrogens with zero attached hydrogens (tertiary/aromatic N) is 2. The molecule has 138 valence electrons. The first kappa shape index (κ1) is 18.7. The van der Waals surface area contributed by atoms with Crippen LogP contribution < -0.4 is 0 Å². The molecule has 2 heterocycles. The molecule has 4 aromatic rings. The molecule has 4 rings (SSSR count). The van der Waals surface area contributed by atoms with Crippen LogP contribution in [-0.2, 0) is 0 Å². The Morgan fingerprint density at radius 1 is 0.536 bits per heavy atom. The van der Waals surface area contributed by atoms with Gasteiger partial charge in [-0.05, 0) is 48.5 Å².